The highest BCUT2D eigenvalue weighted by molar-refractivity contribution is 7.80. The van der Waals surface area contributed by atoms with Crippen molar-refractivity contribution in [2.75, 3.05) is 5.32 Å². The fourth-order valence-corrected chi connectivity index (χ4v) is 1.49. The second-order valence-electron chi connectivity index (χ2n) is 3.75. The molecule has 0 aliphatic carbocycles. The molecule has 0 aliphatic heterocycles. The molecule has 0 saturated carbocycles. The van der Waals surface area contributed by atoms with Crippen molar-refractivity contribution in [2.24, 2.45) is 5.73 Å². The molecule has 0 atom stereocenters. The van der Waals surface area contributed by atoms with E-state index in [1.807, 2.05) is 0 Å². The van der Waals surface area contributed by atoms with Crippen molar-refractivity contribution in [1.29, 1.82) is 0 Å². The normalized spacial score (nSPS) is 10.2. The highest BCUT2D eigenvalue weighted by Crippen LogP contribution is 2.10. The molecule has 1 aromatic carbocycles. The molecule has 3 N–H and O–H groups in total. The molecule has 0 radical (unpaired) electrons. The summed E-state index contributed by atoms with van der Waals surface area (Å²) in [6.07, 6.45) is 2.91. The number of rotatable bonds is 4. The maximum atomic E-state index is 13.0. The van der Waals surface area contributed by atoms with Gasteiger partial charge in [0.2, 0.25) is 0 Å². The van der Waals surface area contributed by atoms with Crippen LogP contribution in [0.4, 0.5) is 14.6 Å². The second-order valence-corrected chi connectivity index (χ2v) is 4.19. The lowest BCUT2D eigenvalue weighted by molar-refractivity contribution is 0.507. The van der Waals surface area contributed by atoms with Gasteiger partial charge in [-0.05, 0) is 17.7 Å². The van der Waals surface area contributed by atoms with E-state index in [0.29, 0.717) is 23.6 Å². The molecule has 0 spiro atoms. The number of halogens is 2. The van der Waals surface area contributed by atoms with Gasteiger partial charge in [0.15, 0.2) is 11.6 Å². The van der Waals surface area contributed by atoms with Crippen molar-refractivity contribution in [3.8, 4) is 0 Å². The average Bonchev–Trinajstić information content (AvgIpc) is 2.40. The molecule has 1 heterocycles. The molecule has 98 valence electrons. The Morgan fingerprint density at radius 2 is 2.00 bits per heavy atom. The number of hydrogen-bond acceptors (Lipinski definition) is 4. The van der Waals surface area contributed by atoms with Crippen LogP contribution in [0, 0.1) is 11.6 Å². The van der Waals surface area contributed by atoms with Crippen molar-refractivity contribution in [1.82, 2.24) is 9.97 Å². The second kappa shape index (κ2) is 5.66. The van der Waals surface area contributed by atoms with Gasteiger partial charge in [0.25, 0.3) is 0 Å². The minimum Gasteiger partial charge on any atom is -0.388 e. The summed E-state index contributed by atoms with van der Waals surface area (Å²) in [6.45, 7) is 0.304. The molecule has 2 rings (SSSR count). The first-order valence-corrected chi connectivity index (χ1v) is 5.77. The van der Waals surface area contributed by atoms with Crippen LogP contribution in [0.2, 0.25) is 0 Å². The summed E-state index contributed by atoms with van der Waals surface area (Å²) in [7, 11) is 0. The first-order valence-electron chi connectivity index (χ1n) is 5.36. The van der Waals surface area contributed by atoms with Gasteiger partial charge < -0.3 is 11.1 Å². The predicted octanol–water partition coefficient (Wildman–Crippen LogP) is 2.00. The molecule has 0 saturated heterocycles. The van der Waals surface area contributed by atoms with Gasteiger partial charge in [-0.25, -0.2) is 18.7 Å². The summed E-state index contributed by atoms with van der Waals surface area (Å²) >= 11 is 4.75. The summed E-state index contributed by atoms with van der Waals surface area (Å²) in [5, 5.41) is 2.93. The van der Waals surface area contributed by atoms with E-state index >= 15 is 0 Å². The molecule has 7 heteroatoms. The molecule has 2 aromatic rings. The molecule has 19 heavy (non-hydrogen) atoms. The monoisotopic (exact) mass is 280 g/mol. The predicted molar refractivity (Wildman–Crippen MR) is 71.6 cm³/mol. The number of benzene rings is 1. The minimum absolute atomic E-state index is 0.166. The molecule has 0 amide bonds. The summed E-state index contributed by atoms with van der Waals surface area (Å²) in [5.74, 6) is -1.26. The van der Waals surface area contributed by atoms with Gasteiger partial charge in [0.1, 0.15) is 16.5 Å². The Bertz CT molecular complexity index is 601. The molecular weight excluding hydrogens is 270 g/mol. The quantitative estimate of drug-likeness (QED) is 0.839. The van der Waals surface area contributed by atoms with E-state index in [1.54, 1.807) is 0 Å². The van der Waals surface area contributed by atoms with Crippen LogP contribution in [0.15, 0.2) is 30.6 Å². The molecule has 1 aromatic heterocycles. The van der Waals surface area contributed by atoms with E-state index in [1.165, 1.54) is 18.5 Å². The number of hydrogen-bond donors (Lipinski definition) is 2. The standard InChI is InChI=1S/C12H10F2N4S/c13-8-2-1-7(3-9(8)14)4-17-11-6-16-10(5-18-11)12(15)19/h1-3,5-6H,4H2,(H2,15,19)(H,17,18). The van der Waals surface area contributed by atoms with Crippen molar-refractivity contribution in [3.05, 3.63) is 53.5 Å². The largest absolute Gasteiger partial charge is 0.388 e. The SMILES string of the molecule is NC(=S)c1cnc(NCc2ccc(F)c(F)c2)cn1. The van der Waals surface area contributed by atoms with Crippen molar-refractivity contribution in [3.63, 3.8) is 0 Å². The fourth-order valence-electron chi connectivity index (χ4n) is 1.39. The third-order valence-corrected chi connectivity index (χ3v) is 2.57. The van der Waals surface area contributed by atoms with E-state index < -0.39 is 11.6 Å². The van der Waals surface area contributed by atoms with E-state index in [-0.39, 0.29) is 4.99 Å². The maximum Gasteiger partial charge on any atom is 0.159 e. The Labute approximate surface area is 113 Å². The number of nitrogens with zero attached hydrogens (tertiary/aromatic N) is 2. The van der Waals surface area contributed by atoms with Crippen molar-refractivity contribution < 1.29 is 8.78 Å². The smallest absolute Gasteiger partial charge is 0.159 e. The zero-order valence-corrected chi connectivity index (χ0v) is 10.5. The van der Waals surface area contributed by atoms with E-state index in [2.05, 4.69) is 15.3 Å². The van der Waals surface area contributed by atoms with Gasteiger partial charge in [-0.2, -0.15) is 0 Å². The number of nitrogens with two attached hydrogens (primary N) is 1. The lowest BCUT2D eigenvalue weighted by Gasteiger charge is -2.06. The highest BCUT2D eigenvalue weighted by atomic mass is 32.1. The Morgan fingerprint density at radius 1 is 1.21 bits per heavy atom. The van der Waals surface area contributed by atoms with Gasteiger partial charge >= 0.3 is 0 Å². The van der Waals surface area contributed by atoms with Crippen LogP contribution in [0.3, 0.4) is 0 Å². The van der Waals surface area contributed by atoms with Crippen LogP contribution in [-0.4, -0.2) is 15.0 Å². The van der Waals surface area contributed by atoms with Gasteiger partial charge in [-0.1, -0.05) is 18.3 Å². The lowest BCUT2D eigenvalue weighted by Crippen LogP contribution is -2.12. The van der Waals surface area contributed by atoms with Gasteiger partial charge in [-0.15, -0.1) is 0 Å². The molecule has 0 aliphatic rings. The van der Waals surface area contributed by atoms with Crippen molar-refractivity contribution in [2.45, 2.75) is 6.54 Å². The summed E-state index contributed by atoms with van der Waals surface area (Å²) in [6, 6.07) is 3.69. The molecular formula is C12H10F2N4S. The molecule has 4 nitrogen and oxygen atoms in total. The topological polar surface area (TPSA) is 63.8 Å². The zero-order chi connectivity index (χ0) is 13.8. The summed E-state index contributed by atoms with van der Waals surface area (Å²) in [4.78, 5) is 8.21. The minimum atomic E-state index is -0.880. The third kappa shape index (κ3) is 3.41. The van der Waals surface area contributed by atoms with Crippen LogP contribution in [0.1, 0.15) is 11.3 Å². The number of aromatic nitrogens is 2. The fraction of sp³-hybridized carbons (Fsp3) is 0.0833. The Kier molecular flexibility index (Phi) is 3.96. The number of nitrogens with one attached hydrogen (secondary N) is 1. The molecule has 0 unspecified atom stereocenters. The molecule has 0 fully saturated rings. The highest BCUT2D eigenvalue weighted by Gasteiger charge is 2.03. The van der Waals surface area contributed by atoms with Crippen LogP contribution in [-0.2, 0) is 6.54 Å². The van der Waals surface area contributed by atoms with Crippen LogP contribution in [0.25, 0.3) is 0 Å². The number of thiocarbonyl (C=S) groups is 1. The maximum absolute atomic E-state index is 13.0. The van der Waals surface area contributed by atoms with Crippen LogP contribution in [0.5, 0.6) is 0 Å². The van der Waals surface area contributed by atoms with Gasteiger partial charge in [0, 0.05) is 6.54 Å². The third-order valence-electron chi connectivity index (χ3n) is 2.36. The number of anilines is 1. The zero-order valence-electron chi connectivity index (χ0n) is 9.73. The van der Waals surface area contributed by atoms with Crippen molar-refractivity contribution >= 4 is 23.0 Å². The Morgan fingerprint density at radius 3 is 2.58 bits per heavy atom. The lowest BCUT2D eigenvalue weighted by atomic mass is 10.2. The molecule has 0 bridgehead atoms. The summed E-state index contributed by atoms with van der Waals surface area (Å²) < 4.78 is 25.7. The van der Waals surface area contributed by atoms with E-state index in [9.17, 15) is 8.78 Å². The summed E-state index contributed by atoms with van der Waals surface area (Å²) in [5.41, 5.74) is 6.41. The first kappa shape index (κ1) is 13.3. The van der Waals surface area contributed by atoms with Crippen LogP contribution >= 0.6 is 12.2 Å². The van der Waals surface area contributed by atoms with E-state index in [0.717, 1.165) is 12.1 Å². The van der Waals surface area contributed by atoms with E-state index in [4.69, 9.17) is 18.0 Å². The van der Waals surface area contributed by atoms with Gasteiger partial charge in [0.05, 0.1) is 12.4 Å². The first-order chi connectivity index (χ1) is 9.06. The Hall–Kier alpha value is -2.15. The van der Waals surface area contributed by atoms with Crippen LogP contribution < -0.4 is 11.1 Å². The average molecular weight is 280 g/mol. The van der Waals surface area contributed by atoms with Gasteiger partial charge in [-0.3, -0.25) is 0 Å². The Balaban J connectivity index is 2.01.